The second-order valence-corrected chi connectivity index (χ2v) is 3.39. The van der Waals surface area contributed by atoms with Gasteiger partial charge in [-0.3, -0.25) is 0 Å². The van der Waals surface area contributed by atoms with Gasteiger partial charge in [0.2, 0.25) is 0 Å². The van der Waals surface area contributed by atoms with Crippen LogP contribution in [-0.4, -0.2) is 0 Å². The van der Waals surface area contributed by atoms with Crippen molar-refractivity contribution in [3.8, 4) is 0 Å². The fourth-order valence-corrected chi connectivity index (χ4v) is 1.36. The van der Waals surface area contributed by atoms with Crippen molar-refractivity contribution in [3.63, 3.8) is 0 Å². The van der Waals surface area contributed by atoms with E-state index in [1.807, 2.05) is 0 Å². The molecule has 0 spiro atoms. The standard InChI is InChI=1S/C11H18N.BrH/c1-4-5-7-12-8-6-10(2)9-11(12)3;/h6,8-9H,4-5,7H2,1-3H3;1H/q+1;/p-1. The largest absolute Gasteiger partial charge is 1.00 e. The van der Waals surface area contributed by atoms with E-state index in [0.29, 0.717) is 0 Å². The number of halogens is 1. The van der Waals surface area contributed by atoms with Crippen molar-refractivity contribution in [1.82, 2.24) is 0 Å². The highest BCUT2D eigenvalue weighted by atomic mass is 79.9. The molecule has 0 saturated heterocycles. The van der Waals surface area contributed by atoms with Crippen molar-refractivity contribution in [3.05, 3.63) is 29.6 Å². The first-order chi connectivity index (χ1) is 5.74. The smallest absolute Gasteiger partial charge is 0.178 e. The van der Waals surface area contributed by atoms with Crippen LogP contribution in [0.5, 0.6) is 0 Å². The van der Waals surface area contributed by atoms with Crippen molar-refractivity contribution in [1.29, 1.82) is 0 Å². The third kappa shape index (κ3) is 3.90. The van der Waals surface area contributed by atoms with E-state index in [4.69, 9.17) is 0 Å². The maximum Gasteiger partial charge on any atom is 0.178 e. The summed E-state index contributed by atoms with van der Waals surface area (Å²) in [5, 5.41) is 0. The summed E-state index contributed by atoms with van der Waals surface area (Å²) in [5.74, 6) is 0. The predicted octanol–water partition coefficient (Wildman–Crippen LogP) is -0.605. The molecule has 1 nitrogen and oxygen atoms in total. The lowest BCUT2D eigenvalue weighted by Crippen LogP contribution is -3.00. The van der Waals surface area contributed by atoms with Gasteiger partial charge in [0.15, 0.2) is 11.9 Å². The molecule has 0 aliphatic rings. The lowest BCUT2D eigenvalue weighted by molar-refractivity contribution is -0.703. The van der Waals surface area contributed by atoms with Crippen molar-refractivity contribution >= 4 is 0 Å². The number of hydrogen-bond acceptors (Lipinski definition) is 0. The molecule has 2 heteroatoms. The molecule has 1 heterocycles. The number of hydrogen-bond donors (Lipinski definition) is 0. The Morgan fingerprint density at radius 3 is 2.54 bits per heavy atom. The molecular formula is C11H18BrN. The molecule has 13 heavy (non-hydrogen) atoms. The molecule has 0 atom stereocenters. The molecule has 0 radical (unpaired) electrons. The minimum Gasteiger partial charge on any atom is -1.00 e. The molecule has 0 aromatic carbocycles. The van der Waals surface area contributed by atoms with Crippen LogP contribution in [0.4, 0.5) is 0 Å². The molecule has 74 valence electrons. The Bertz CT molecular complexity index is 258. The number of nitrogens with zero attached hydrogens (tertiary/aromatic N) is 1. The van der Waals surface area contributed by atoms with Crippen LogP contribution in [0.25, 0.3) is 0 Å². The summed E-state index contributed by atoms with van der Waals surface area (Å²) in [6.45, 7) is 7.69. The summed E-state index contributed by atoms with van der Waals surface area (Å²) in [6.07, 6.45) is 4.72. The molecule has 1 aromatic heterocycles. The van der Waals surface area contributed by atoms with E-state index in [2.05, 4.69) is 43.7 Å². The highest BCUT2D eigenvalue weighted by Gasteiger charge is 2.03. The molecule has 0 saturated carbocycles. The zero-order valence-corrected chi connectivity index (χ0v) is 10.3. The first-order valence-corrected chi connectivity index (χ1v) is 4.70. The van der Waals surface area contributed by atoms with Crippen molar-refractivity contribution in [2.24, 2.45) is 0 Å². The Morgan fingerprint density at radius 2 is 2.00 bits per heavy atom. The Labute approximate surface area is 91.6 Å². The van der Waals surface area contributed by atoms with E-state index in [9.17, 15) is 0 Å². The number of rotatable bonds is 3. The summed E-state index contributed by atoms with van der Waals surface area (Å²) < 4.78 is 2.32. The summed E-state index contributed by atoms with van der Waals surface area (Å²) in [4.78, 5) is 0. The van der Waals surface area contributed by atoms with Crippen LogP contribution in [0, 0.1) is 13.8 Å². The zero-order chi connectivity index (χ0) is 8.97. The Hall–Kier alpha value is -0.370. The van der Waals surface area contributed by atoms with Crippen LogP contribution in [0.2, 0.25) is 0 Å². The first-order valence-electron chi connectivity index (χ1n) is 4.70. The van der Waals surface area contributed by atoms with Crippen molar-refractivity contribution in [2.75, 3.05) is 0 Å². The second kappa shape index (κ2) is 6.14. The van der Waals surface area contributed by atoms with Crippen molar-refractivity contribution in [2.45, 2.75) is 40.2 Å². The van der Waals surface area contributed by atoms with Gasteiger partial charge < -0.3 is 17.0 Å². The molecule has 0 N–H and O–H groups in total. The molecule has 0 aliphatic heterocycles. The van der Waals surface area contributed by atoms with Gasteiger partial charge in [0.1, 0.15) is 6.54 Å². The number of aryl methyl sites for hydroxylation is 3. The minimum absolute atomic E-state index is 0. The highest BCUT2D eigenvalue weighted by Crippen LogP contribution is 1.97. The van der Waals surface area contributed by atoms with Gasteiger partial charge in [-0.25, -0.2) is 4.57 Å². The highest BCUT2D eigenvalue weighted by molar-refractivity contribution is 5.08. The second-order valence-electron chi connectivity index (χ2n) is 3.39. The van der Waals surface area contributed by atoms with Crippen LogP contribution >= 0.6 is 0 Å². The topological polar surface area (TPSA) is 3.88 Å². The minimum atomic E-state index is 0. The van der Waals surface area contributed by atoms with Crippen LogP contribution in [0.1, 0.15) is 31.0 Å². The number of pyridine rings is 1. The molecule has 0 bridgehead atoms. The van der Waals surface area contributed by atoms with E-state index in [0.717, 1.165) is 6.54 Å². The number of unbranched alkanes of at least 4 members (excludes halogenated alkanes) is 1. The Morgan fingerprint density at radius 1 is 1.31 bits per heavy atom. The maximum atomic E-state index is 2.32. The van der Waals surface area contributed by atoms with Gasteiger partial charge in [0.25, 0.3) is 0 Å². The van der Waals surface area contributed by atoms with E-state index < -0.39 is 0 Å². The zero-order valence-electron chi connectivity index (χ0n) is 8.68. The summed E-state index contributed by atoms with van der Waals surface area (Å²) in [7, 11) is 0. The van der Waals surface area contributed by atoms with Gasteiger partial charge in [0.05, 0.1) is 0 Å². The van der Waals surface area contributed by atoms with Crippen LogP contribution in [-0.2, 0) is 6.54 Å². The van der Waals surface area contributed by atoms with E-state index in [1.54, 1.807) is 0 Å². The quantitative estimate of drug-likeness (QED) is 0.625. The van der Waals surface area contributed by atoms with Gasteiger partial charge in [-0.05, 0) is 12.5 Å². The Balaban J connectivity index is 0.00000144. The predicted molar refractivity (Wildman–Crippen MR) is 51.0 cm³/mol. The van der Waals surface area contributed by atoms with E-state index >= 15 is 0 Å². The molecule has 0 aliphatic carbocycles. The molecule has 0 unspecified atom stereocenters. The summed E-state index contributed by atoms with van der Waals surface area (Å²) >= 11 is 0. The van der Waals surface area contributed by atoms with Gasteiger partial charge in [-0.1, -0.05) is 13.3 Å². The summed E-state index contributed by atoms with van der Waals surface area (Å²) in [5.41, 5.74) is 2.71. The van der Waals surface area contributed by atoms with Crippen molar-refractivity contribution < 1.29 is 21.5 Å². The third-order valence-electron chi connectivity index (χ3n) is 2.16. The lowest BCUT2D eigenvalue weighted by atomic mass is 10.2. The molecule has 1 rings (SSSR count). The molecular weight excluding hydrogens is 226 g/mol. The van der Waals surface area contributed by atoms with Crippen LogP contribution in [0.15, 0.2) is 18.3 Å². The van der Waals surface area contributed by atoms with Crippen LogP contribution in [0.3, 0.4) is 0 Å². The van der Waals surface area contributed by atoms with Gasteiger partial charge in [0, 0.05) is 25.5 Å². The van der Waals surface area contributed by atoms with E-state index in [1.165, 1.54) is 24.1 Å². The Kier molecular flexibility index (Phi) is 5.97. The fourth-order valence-electron chi connectivity index (χ4n) is 1.36. The average molecular weight is 244 g/mol. The van der Waals surface area contributed by atoms with Gasteiger partial charge in [-0.2, -0.15) is 0 Å². The monoisotopic (exact) mass is 243 g/mol. The fraction of sp³-hybridized carbons (Fsp3) is 0.545. The third-order valence-corrected chi connectivity index (χ3v) is 2.16. The van der Waals surface area contributed by atoms with E-state index in [-0.39, 0.29) is 17.0 Å². The first kappa shape index (κ1) is 12.6. The SMILES string of the molecule is CCCC[n+]1ccc(C)cc1C.[Br-]. The molecule has 0 fully saturated rings. The lowest BCUT2D eigenvalue weighted by Gasteiger charge is -1.99. The van der Waals surface area contributed by atoms with Gasteiger partial charge >= 0.3 is 0 Å². The van der Waals surface area contributed by atoms with Gasteiger partial charge in [-0.15, -0.1) is 0 Å². The summed E-state index contributed by atoms with van der Waals surface area (Å²) in [6, 6.07) is 4.40. The molecule has 1 aromatic rings. The number of aromatic nitrogens is 1. The normalized spacial score (nSPS) is 9.46. The van der Waals surface area contributed by atoms with Crippen LogP contribution < -0.4 is 21.5 Å². The molecule has 0 amide bonds. The maximum absolute atomic E-state index is 2.32. The average Bonchev–Trinajstić information content (AvgIpc) is 2.03.